The summed E-state index contributed by atoms with van der Waals surface area (Å²) in [4.78, 5) is 34.6. The first kappa shape index (κ1) is 27.2. The molecule has 1 atom stereocenters. The number of carbonyl (C=O) groups is 1. The maximum absolute atomic E-state index is 14.2. The topological polar surface area (TPSA) is 120 Å². The minimum absolute atomic E-state index is 0.162. The molecule has 0 aliphatic rings. The fraction of sp³-hybridized carbons (Fsp3) is 0.107. The predicted octanol–water partition coefficient (Wildman–Crippen LogP) is 6.42. The van der Waals surface area contributed by atoms with Crippen molar-refractivity contribution < 1.29 is 23.4 Å². The molecule has 40 heavy (non-hydrogen) atoms. The summed E-state index contributed by atoms with van der Waals surface area (Å²) in [5.74, 6) is -1.83. The number of benzene rings is 3. The quantitative estimate of drug-likeness (QED) is 0.164. The van der Waals surface area contributed by atoms with E-state index in [1.807, 2.05) is 30.3 Å². The average Bonchev–Trinajstić information content (AvgIpc) is 3.32. The van der Waals surface area contributed by atoms with Crippen molar-refractivity contribution in [1.29, 1.82) is 0 Å². The van der Waals surface area contributed by atoms with Gasteiger partial charge in [0.25, 0.3) is 5.56 Å². The van der Waals surface area contributed by atoms with E-state index in [0.29, 0.717) is 22.2 Å². The summed E-state index contributed by atoms with van der Waals surface area (Å²) < 4.78 is 33.4. The summed E-state index contributed by atoms with van der Waals surface area (Å²) in [5, 5.41) is 13.2. The zero-order valence-electron chi connectivity index (χ0n) is 20.5. The smallest absolute Gasteiger partial charge is 0.408 e. The van der Waals surface area contributed by atoms with Crippen molar-refractivity contribution in [3.8, 4) is 17.0 Å². The molecule has 0 saturated heterocycles. The van der Waals surface area contributed by atoms with Crippen LogP contribution in [0.15, 0.2) is 71.5 Å². The molecule has 12 heteroatoms. The molecular formula is C28H20Cl2F2N4O4. The van der Waals surface area contributed by atoms with Crippen LogP contribution in [-0.2, 0) is 17.8 Å². The highest BCUT2D eigenvalue weighted by Gasteiger charge is 2.23. The molecule has 3 aromatic carbocycles. The van der Waals surface area contributed by atoms with Gasteiger partial charge in [0.15, 0.2) is 5.82 Å². The zero-order chi connectivity index (χ0) is 28.4. The van der Waals surface area contributed by atoms with Crippen LogP contribution in [0.5, 0.6) is 5.75 Å². The number of alkyl carbamates (subject to hydrolysis) is 1. The number of hydrogen-bond acceptors (Lipinski definition) is 5. The lowest BCUT2D eigenvalue weighted by Crippen LogP contribution is -2.31. The lowest BCUT2D eigenvalue weighted by atomic mass is 10.1. The average molecular weight is 585 g/mol. The molecule has 0 saturated carbocycles. The Balaban J connectivity index is 1.42. The number of pyridine rings is 1. The van der Waals surface area contributed by atoms with E-state index < -0.39 is 41.5 Å². The summed E-state index contributed by atoms with van der Waals surface area (Å²) in [6, 6.07) is 16.5. The highest BCUT2D eigenvalue weighted by Crippen LogP contribution is 2.32. The maximum Gasteiger partial charge on any atom is 0.408 e. The standard InChI is InChI=1S/C28H20Cl2F2N4O4/c29-18-7-8-19(31)17(24(18)32)13-40-28(39)34-21(10-14-4-2-1-3-5-14)27-35-25(26(30)36-27)15-6-9-20-16(11-15)22(37)12-23(38)33-20/h1-9,11-12,21H,10,13H2,(H,34,39)(H,35,36)(H2,33,37,38). The SMILES string of the molecule is O=C(NC(Cc1ccccc1)c1nc(-c2ccc3[nH]c(=O)cc(O)c3c2)c(Cl)[nH]1)OCc1c(F)ccc(Cl)c1F. The van der Waals surface area contributed by atoms with Gasteiger partial charge in [-0.3, -0.25) is 4.79 Å². The van der Waals surface area contributed by atoms with Gasteiger partial charge in [-0.1, -0.05) is 59.6 Å². The molecule has 0 fully saturated rings. The van der Waals surface area contributed by atoms with Crippen LogP contribution in [0.4, 0.5) is 13.6 Å². The molecule has 5 aromatic rings. The molecule has 204 valence electrons. The van der Waals surface area contributed by atoms with Crippen LogP contribution in [0.1, 0.15) is 23.0 Å². The van der Waals surface area contributed by atoms with Crippen molar-refractivity contribution in [3.05, 3.63) is 116 Å². The normalized spacial score (nSPS) is 11.9. The number of H-pyrrole nitrogens is 2. The number of aromatic hydroxyl groups is 1. The number of imidazole rings is 1. The van der Waals surface area contributed by atoms with Gasteiger partial charge in [-0.2, -0.15) is 0 Å². The highest BCUT2D eigenvalue weighted by molar-refractivity contribution is 6.32. The number of hydrogen-bond donors (Lipinski definition) is 4. The Kier molecular flexibility index (Phi) is 7.72. The van der Waals surface area contributed by atoms with Gasteiger partial charge >= 0.3 is 6.09 Å². The number of carbonyl (C=O) groups excluding carboxylic acids is 1. The van der Waals surface area contributed by atoms with Crippen LogP contribution in [0.25, 0.3) is 22.2 Å². The number of nitrogens with one attached hydrogen (secondary N) is 3. The second-order valence-electron chi connectivity index (χ2n) is 8.85. The molecule has 0 radical (unpaired) electrons. The number of nitrogens with zero attached hydrogens (tertiary/aromatic N) is 1. The molecule has 5 rings (SSSR count). The minimum Gasteiger partial charge on any atom is -0.507 e. The summed E-state index contributed by atoms with van der Waals surface area (Å²) in [6.45, 7) is -0.686. The fourth-order valence-corrected chi connectivity index (χ4v) is 4.62. The van der Waals surface area contributed by atoms with Crippen molar-refractivity contribution in [3.63, 3.8) is 0 Å². The third-order valence-corrected chi connectivity index (χ3v) is 6.73. The van der Waals surface area contributed by atoms with E-state index in [4.69, 9.17) is 27.9 Å². The molecule has 8 nitrogen and oxygen atoms in total. The largest absolute Gasteiger partial charge is 0.507 e. The summed E-state index contributed by atoms with van der Waals surface area (Å²) in [7, 11) is 0. The molecule has 4 N–H and O–H groups in total. The molecule has 1 unspecified atom stereocenters. The van der Waals surface area contributed by atoms with E-state index in [2.05, 4.69) is 20.3 Å². The second kappa shape index (κ2) is 11.4. The monoisotopic (exact) mass is 584 g/mol. The first-order valence-electron chi connectivity index (χ1n) is 11.9. The Morgan fingerprint density at radius 3 is 2.60 bits per heavy atom. The van der Waals surface area contributed by atoms with Crippen LogP contribution in [0.2, 0.25) is 10.2 Å². The fourth-order valence-electron chi connectivity index (χ4n) is 4.20. The second-order valence-corrected chi connectivity index (χ2v) is 9.63. The molecule has 2 aromatic heterocycles. The molecular weight excluding hydrogens is 565 g/mol. The van der Waals surface area contributed by atoms with E-state index in [1.54, 1.807) is 18.2 Å². The van der Waals surface area contributed by atoms with Crippen molar-refractivity contribution in [2.45, 2.75) is 19.1 Å². The molecule has 0 aliphatic carbocycles. The van der Waals surface area contributed by atoms with E-state index >= 15 is 0 Å². The lowest BCUT2D eigenvalue weighted by Gasteiger charge is -2.17. The molecule has 2 heterocycles. The highest BCUT2D eigenvalue weighted by atomic mass is 35.5. The van der Waals surface area contributed by atoms with Gasteiger partial charge in [0.2, 0.25) is 0 Å². The van der Waals surface area contributed by atoms with Gasteiger partial charge in [-0.25, -0.2) is 18.6 Å². The number of aromatic amines is 2. The van der Waals surface area contributed by atoms with E-state index in [0.717, 1.165) is 23.8 Å². The Morgan fingerprint density at radius 1 is 1.05 bits per heavy atom. The summed E-state index contributed by atoms with van der Waals surface area (Å²) in [6.07, 6.45) is -0.674. The molecule has 0 aliphatic heterocycles. The van der Waals surface area contributed by atoms with E-state index in [1.165, 1.54) is 0 Å². The number of aromatic nitrogens is 3. The Hall–Kier alpha value is -4.41. The lowest BCUT2D eigenvalue weighted by molar-refractivity contribution is 0.132. The number of fused-ring (bicyclic) bond motifs is 1. The van der Waals surface area contributed by atoms with Gasteiger partial charge in [0.1, 0.15) is 34.8 Å². The van der Waals surface area contributed by atoms with Crippen molar-refractivity contribution >= 4 is 40.2 Å². The number of amides is 1. The summed E-state index contributed by atoms with van der Waals surface area (Å²) in [5.41, 5.74) is 1.23. The number of rotatable bonds is 7. The zero-order valence-corrected chi connectivity index (χ0v) is 22.0. The van der Waals surface area contributed by atoms with Gasteiger partial charge in [-0.15, -0.1) is 0 Å². The van der Waals surface area contributed by atoms with Gasteiger partial charge < -0.3 is 25.1 Å². The Labute approximate surface area is 235 Å². The molecule has 0 bridgehead atoms. The van der Waals surface area contributed by atoms with Crippen molar-refractivity contribution in [2.24, 2.45) is 0 Å². The molecule has 0 spiro atoms. The van der Waals surface area contributed by atoms with Crippen LogP contribution < -0.4 is 10.9 Å². The van der Waals surface area contributed by atoms with Crippen LogP contribution in [0, 0.1) is 11.6 Å². The van der Waals surface area contributed by atoms with Crippen LogP contribution >= 0.6 is 23.2 Å². The number of ether oxygens (including phenoxy) is 1. The van der Waals surface area contributed by atoms with E-state index in [9.17, 15) is 23.5 Å². The minimum atomic E-state index is -1.01. The first-order valence-corrected chi connectivity index (χ1v) is 12.7. The summed E-state index contributed by atoms with van der Waals surface area (Å²) >= 11 is 12.2. The van der Waals surface area contributed by atoms with Gasteiger partial charge in [0, 0.05) is 23.4 Å². The predicted molar refractivity (Wildman–Crippen MR) is 146 cm³/mol. The third-order valence-electron chi connectivity index (χ3n) is 6.16. The van der Waals surface area contributed by atoms with Gasteiger partial charge in [-0.05, 0) is 29.8 Å². The first-order chi connectivity index (χ1) is 19.2. The molecule has 1 amide bonds. The van der Waals surface area contributed by atoms with E-state index in [-0.39, 0.29) is 28.2 Å². The van der Waals surface area contributed by atoms with Crippen molar-refractivity contribution in [2.75, 3.05) is 0 Å². The van der Waals surface area contributed by atoms with Crippen LogP contribution in [-0.4, -0.2) is 26.2 Å². The number of halogens is 4. The Bertz CT molecular complexity index is 1780. The maximum atomic E-state index is 14.2. The third kappa shape index (κ3) is 5.78. The van der Waals surface area contributed by atoms with Crippen molar-refractivity contribution in [1.82, 2.24) is 20.3 Å². The van der Waals surface area contributed by atoms with Crippen LogP contribution in [0.3, 0.4) is 0 Å². The Morgan fingerprint density at radius 2 is 1.82 bits per heavy atom. The van der Waals surface area contributed by atoms with Gasteiger partial charge in [0.05, 0.1) is 22.1 Å².